The van der Waals surface area contributed by atoms with Gasteiger partial charge >= 0.3 is 0 Å². The number of hydrogen-bond acceptors (Lipinski definition) is 3. The molecule has 0 aliphatic heterocycles. The van der Waals surface area contributed by atoms with E-state index in [4.69, 9.17) is 5.26 Å². The first-order valence-corrected chi connectivity index (χ1v) is 4.18. The number of aromatic nitrogens is 2. The van der Waals surface area contributed by atoms with Crippen molar-refractivity contribution < 1.29 is 4.79 Å². The Morgan fingerprint density at radius 1 is 1.71 bits per heavy atom. The van der Waals surface area contributed by atoms with Gasteiger partial charge in [-0.2, -0.15) is 10.4 Å². The lowest BCUT2D eigenvalue weighted by Crippen LogP contribution is -2.42. The van der Waals surface area contributed by atoms with Gasteiger partial charge in [-0.25, -0.2) is 0 Å². The van der Waals surface area contributed by atoms with Gasteiger partial charge in [-0.3, -0.25) is 9.48 Å². The second-order valence-corrected chi connectivity index (χ2v) is 3.53. The number of nitrogens with one attached hydrogen (secondary N) is 1. The Labute approximate surface area is 82.3 Å². The van der Waals surface area contributed by atoms with Crippen molar-refractivity contribution in [1.82, 2.24) is 15.1 Å². The van der Waals surface area contributed by atoms with Crippen LogP contribution in [0.4, 0.5) is 0 Å². The van der Waals surface area contributed by atoms with Gasteiger partial charge in [0.1, 0.15) is 11.2 Å². The Bertz CT molecular complexity index is 386. The smallest absolute Gasteiger partial charge is 0.270 e. The van der Waals surface area contributed by atoms with Crippen LogP contribution in [0.1, 0.15) is 24.3 Å². The van der Waals surface area contributed by atoms with Crippen molar-refractivity contribution in [3.8, 4) is 6.07 Å². The SMILES string of the molecule is Cn1nccc1C(=O)NC(C)(C)C#N. The van der Waals surface area contributed by atoms with Crippen LogP contribution in [0, 0.1) is 11.3 Å². The van der Waals surface area contributed by atoms with Crippen LogP contribution in [0.2, 0.25) is 0 Å². The van der Waals surface area contributed by atoms with E-state index in [1.807, 2.05) is 6.07 Å². The van der Waals surface area contributed by atoms with E-state index in [0.717, 1.165) is 0 Å². The monoisotopic (exact) mass is 192 g/mol. The highest BCUT2D eigenvalue weighted by Gasteiger charge is 2.21. The molecule has 5 nitrogen and oxygen atoms in total. The molecular weight excluding hydrogens is 180 g/mol. The lowest BCUT2D eigenvalue weighted by Gasteiger charge is -2.17. The zero-order chi connectivity index (χ0) is 10.8. The van der Waals surface area contributed by atoms with Crippen molar-refractivity contribution in [1.29, 1.82) is 5.26 Å². The number of carbonyl (C=O) groups excluding carboxylic acids is 1. The molecule has 0 fully saturated rings. The van der Waals surface area contributed by atoms with Crippen molar-refractivity contribution in [2.75, 3.05) is 0 Å². The fourth-order valence-electron chi connectivity index (χ4n) is 0.972. The summed E-state index contributed by atoms with van der Waals surface area (Å²) in [5, 5.41) is 15.2. The van der Waals surface area contributed by atoms with Crippen molar-refractivity contribution in [3.63, 3.8) is 0 Å². The van der Waals surface area contributed by atoms with E-state index in [1.54, 1.807) is 27.0 Å². The van der Waals surface area contributed by atoms with E-state index in [9.17, 15) is 4.79 Å². The molecule has 0 aliphatic rings. The summed E-state index contributed by atoms with van der Waals surface area (Å²) in [7, 11) is 1.67. The highest BCUT2D eigenvalue weighted by Crippen LogP contribution is 2.03. The molecule has 5 heteroatoms. The number of aryl methyl sites for hydroxylation is 1. The normalized spacial score (nSPS) is 10.7. The first-order chi connectivity index (χ1) is 6.46. The molecule has 0 saturated heterocycles. The molecule has 1 rings (SSSR count). The first-order valence-electron chi connectivity index (χ1n) is 4.18. The summed E-state index contributed by atoms with van der Waals surface area (Å²) in [5.74, 6) is -0.295. The maximum Gasteiger partial charge on any atom is 0.270 e. The summed E-state index contributed by atoms with van der Waals surface area (Å²) in [6.07, 6.45) is 1.54. The molecule has 1 aromatic rings. The van der Waals surface area contributed by atoms with Crippen LogP contribution in [0.3, 0.4) is 0 Å². The Hall–Kier alpha value is -1.83. The molecule has 1 heterocycles. The third-order valence-electron chi connectivity index (χ3n) is 1.76. The Kier molecular flexibility index (Phi) is 2.56. The standard InChI is InChI=1S/C9H12N4O/c1-9(2,6-10)12-8(14)7-4-5-11-13(7)3/h4-5H,1-3H3,(H,12,14). The molecule has 0 bridgehead atoms. The van der Waals surface area contributed by atoms with Crippen LogP contribution in [-0.2, 0) is 7.05 Å². The number of rotatable bonds is 2. The third-order valence-corrected chi connectivity index (χ3v) is 1.76. The van der Waals surface area contributed by atoms with E-state index in [0.29, 0.717) is 5.69 Å². The third kappa shape index (κ3) is 2.10. The summed E-state index contributed by atoms with van der Waals surface area (Å²) < 4.78 is 1.46. The summed E-state index contributed by atoms with van der Waals surface area (Å²) in [4.78, 5) is 11.6. The average Bonchev–Trinajstić information content (AvgIpc) is 2.51. The number of carbonyl (C=O) groups is 1. The molecule has 0 spiro atoms. The van der Waals surface area contributed by atoms with Crippen LogP contribution >= 0.6 is 0 Å². The van der Waals surface area contributed by atoms with Crippen LogP contribution in [0.15, 0.2) is 12.3 Å². The molecule has 74 valence electrons. The van der Waals surface area contributed by atoms with Gasteiger partial charge in [-0.1, -0.05) is 0 Å². The van der Waals surface area contributed by atoms with Gasteiger partial charge in [-0.15, -0.1) is 0 Å². The summed E-state index contributed by atoms with van der Waals surface area (Å²) >= 11 is 0. The largest absolute Gasteiger partial charge is 0.333 e. The van der Waals surface area contributed by atoms with Crippen molar-refractivity contribution in [3.05, 3.63) is 18.0 Å². The van der Waals surface area contributed by atoms with Gasteiger partial charge in [-0.05, 0) is 19.9 Å². The zero-order valence-corrected chi connectivity index (χ0v) is 8.40. The summed E-state index contributed by atoms with van der Waals surface area (Å²) in [6.45, 7) is 3.28. The van der Waals surface area contributed by atoms with Crippen molar-refractivity contribution in [2.45, 2.75) is 19.4 Å². The van der Waals surface area contributed by atoms with E-state index in [-0.39, 0.29) is 5.91 Å². The summed E-state index contributed by atoms with van der Waals surface area (Å²) in [6, 6.07) is 3.59. The van der Waals surface area contributed by atoms with Crippen molar-refractivity contribution in [2.24, 2.45) is 7.05 Å². The van der Waals surface area contributed by atoms with Crippen LogP contribution in [-0.4, -0.2) is 21.2 Å². The van der Waals surface area contributed by atoms with E-state index < -0.39 is 5.54 Å². The van der Waals surface area contributed by atoms with E-state index in [1.165, 1.54) is 10.9 Å². The number of hydrogen-bond donors (Lipinski definition) is 1. The fraction of sp³-hybridized carbons (Fsp3) is 0.444. The average molecular weight is 192 g/mol. The second-order valence-electron chi connectivity index (χ2n) is 3.53. The van der Waals surface area contributed by atoms with E-state index in [2.05, 4.69) is 10.4 Å². The number of nitriles is 1. The van der Waals surface area contributed by atoms with E-state index >= 15 is 0 Å². The van der Waals surface area contributed by atoms with Gasteiger partial charge in [0.15, 0.2) is 0 Å². The summed E-state index contributed by atoms with van der Waals surface area (Å²) in [5.41, 5.74) is -0.422. The van der Waals surface area contributed by atoms with Crippen molar-refractivity contribution >= 4 is 5.91 Å². The molecule has 0 saturated carbocycles. The molecule has 0 unspecified atom stereocenters. The highest BCUT2D eigenvalue weighted by atomic mass is 16.2. The predicted octanol–water partition coefficient (Wildman–Crippen LogP) is 0.452. The van der Waals surface area contributed by atoms with Crippen LogP contribution in [0.5, 0.6) is 0 Å². The topological polar surface area (TPSA) is 70.7 Å². The van der Waals surface area contributed by atoms with Gasteiger partial charge in [0.2, 0.25) is 0 Å². The predicted molar refractivity (Wildman–Crippen MR) is 50.4 cm³/mol. The number of nitrogens with zero attached hydrogens (tertiary/aromatic N) is 3. The Morgan fingerprint density at radius 2 is 2.36 bits per heavy atom. The molecule has 1 N–H and O–H groups in total. The first kappa shape index (κ1) is 10.3. The van der Waals surface area contributed by atoms with Gasteiger partial charge < -0.3 is 5.32 Å². The number of amides is 1. The molecule has 0 aliphatic carbocycles. The van der Waals surface area contributed by atoms with Gasteiger partial charge in [0.25, 0.3) is 5.91 Å². The molecule has 0 aromatic carbocycles. The van der Waals surface area contributed by atoms with Gasteiger partial charge in [0.05, 0.1) is 6.07 Å². The molecule has 1 amide bonds. The second kappa shape index (κ2) is 3.50. The molecule has 14 heavy (non-hydrogen) atoms. The molecular formula is C9H12N4O. The maximum atomic E-state index is 11.6. The quantitative estimate of drug-likeness (QED) is 0.739. The maximum absolute atomic E-state index is 11.6. The van der Waals surface area contributed by atoms with Gasteiger partial charge in [0, 0.05) is 13.2 Å². The highest BCUT2D eigenvalue weighted by molar-refractivity contribution is 5.93. The van der Waals surface area contributed by atoms with Crippen LogP contribution < -0.4 is 5.32 Å². The fourth-order valence-corrected chi connectivity index (χ4v) is 0.972. The minimum absolute atomic E-state index is 0.295. The van der Waals surface area contributed by atoms with Crippen LogP contribution in [0.25, 0.3) is 0 Å². The zero-order valence-electron chi connectivity index (χ0n) is 8.40. The lowest BCUT2D eigenvalue weighted by molar-refractivity contribution is 0.0919. The minimum atomic E-state index is -0.860. The molecule has 0 atom stereocenters. The Balaban J connectivity index is 2.80. The Morgan fingerprint density at radius 3 is 2.79 bits per heavy atom. The molecule has 1 aromatic heterocycles. The lowest BCUT2D eigenvalue weighted by atomic mass is 10.1. The molecule has 0 radical (unpaired) electrons. The minimum Gasteiger partial charge on any atom is -0.333 e.